The minimum atomic E-state index is 0.510. The Balaban J connectivity index is 3.89. The predicted octanol–water partition coefficient (Wildman–Crippen LogP) is 2.48. The third kappa shape index (κ3) is 3.69. The lowest BCUT2D eigenvalue weighted by Crippen LogP contribution is -2.12. The Bertz CT molecular complexity index is 164. The second-order valence-corrected chi connectivity index (χ2v) is 2.61. The van der Waals surface area contributed by atoms with Crippen LogP contribution in [-0.2, 0) is 0 Å². The SMILES string of the molecule is C=C=C(NC)C(C)CCC=C. The quantitative estimate of drug-likeness (QED) is 0.470. The van der Waals surface area contributed by atoms with Crippen LogP contribution in [0.1, 0.15) is 19.8 Å². The molecule has 11 heavy (non-hydrogen) atoms. The number of nitrogens with one attached hydrogen (secondary N) is 1. The fraction of sp³-hybridized carbons (Fsp3) is 0.500. The van der Waals surface area contributed by atoms with E-state index in [-0.39, 0.29) is 0 Å². The molecule has 0 aromatic carbocycles. The zero-order valence-electron chi connectivity index (χ0n) is 7.48. The first-order valence-electron chi connectivity index (χ1n) is 3.94. The summed E-state index contributed by atoms with van der Waals surface area (Å²) in [5, 5.41) is 3.07. The first-order valence-corrected chi connectivity index (χ1v) is 3.94. The molecule has 1 heteroatoms. The van der Waals surface area contributed by atoms with Crippen LogP contribution in [0.3, 0.4) is 0 Å². The highest BCUT2D eigenvalue weighted by Crippen LogP contribution is 2.12. The fourth-order valence-corrected chi connectivity index (χ4v) is 1.02. The maximum atomic E-state index is 3.68. The molecule has 0 fully saturated rings. The Morgan fingerprint density at radius 3 is 2.73 bits per heavy atom. The van der Waals surface area contributed by atoms with Crippen LogP contribution in [0.25, 0.3) is 0 Å². The molecule has 0 aromatic rings. The van der Waals surface area contributed by atoms with Gasteiger partial charge in [0.15, 0.2) is 0 Å². The summed E-state index contributed by atoms with van der Waals surface area (Å²) in [6.07, 6.45) is 4.10. The van der Waals surface area contributed by atoms with Crippen molar-refractivity contribution in [3.63, 3.8) is 0 Å². The van der Waals surface area contributed by atoms with E-state index in [2.05, 4.69) is 31.1 Å². The van der Waals surface area contributed by atoms with Crippen LogP contribution in [-0.4, -0.2) is 7.05 Å². The molecule has 1 nitrogen and oxygen atoms in total. The van der Waals surface area contributed by atoms with E-state index >= 15 is 0 Å². The van der Waals surface area contributed by atoms with Crippen LogP contribution in [0.2, 0.25) is 0 Å². The number of rotatable bonds is 5. The molecule has 0 radical (unpaired) electrons. The van der Waals surface area contributed by atoms with Gasteiger partial charge >= 0.3 is 0 Å². The maximum Gasteiger partial charge on any atom is 0.0558 e. The molecule has 0 aromatic heterocycles. The van der Waals surface area contributed by atoms with Gasteiger partial charge in [0.2, 0.25) is 0 Å². The van der Waals surface area contributed by atoms with Crippen LogP contribution >= 0.6 is 0 Å². The summed E-state index contributed by atoms with van der Waals surface area (Å²) in [6, 6.07) is 0. The molecule has 0 aliphatic carbocycles. The summed E-state index contributed by atoms with van der Waals surface area (Å²) in [5.74, 6) is 0.510. The Morgan fingerprint density at radius 1 is 1.73 bits per heavy atom. The van der Waals surface area contributed by atoms with Gasteiger partial charge < -0.3 is 5.32 Å². The van der Waals surface area contributed by atoms with Crippen LogP contribution in [0.5, 0.6) is 0 Å². The van der Waals surface area contributed by atoms with Crippen molar-refractivity contribution in [3.8, 4) is 0 Å². The van der Waals surface area contributed by atoms with Crippen molar-refractivity contribution in [2.45, 2.75) is 19.8 Å². The summed E-state index contributed by atoms with van der Waals surface area (Å²) in [6.45, 7) is 9.45. The Kier molecular flexibility index (Phi) is 5.32. The zero-order valence-corrected chi connectivity index (χ0v) is 7.48. The van der Waals surface area contributed by atoms with Gasteiger partial charge in [-0.3, -0.25) is 0 Å². The van der Waals surface area contributed by atoms with Gasteiger partial charge in [0.25, 0.3) is 0 Å². The Labute approximate surface area is 69.5 Å². The van der Waals surface area contributed by atoms with Crippen molar-refractivity contribution < 1.29 is 0 Å². The van der Waals surface area contributed by atoms with E-state index in [0.717, 1.165) is 18.5 Å². The average molecular weight is 151 g/mol. The summed E-state index contributed by atoms with van der Waals surface area (Å²) < 4.78 is 0. The molecule has 0 aliphatic rings. The minimum Gasteiger partial charge on any atom is -0.385 e. The van der Waals surface area contributed by atoms with Gasteiger partial charge in [-0.05, 0) is 12.8 Å². The smallest absolute Gasteiger partial charge is 0.0558 e. The van der Waals surface area contributed by atoms with Crippen molar-refractivity contribution in [2.24, 2.45) is 5.92 Å². The monoisotopic (exact) mass is 151 g/mol. The predicted molar refractivity (Wildman–Crippen MR) is 50.3 cm³/mol. The summed E-state index contributed by atoms with van der Waals surface area (Å²) in [5.41, 5.74) is 3.97. The minimum absolute atomic E-state index is 0.510. The molecule has 0 saturated heterocycles. The van der Waals surface area contributed by atoms with Gasteiger partial charge in [-0.2, -0.15) is 0 Å². The average Bonchev–Trinajstić information content (AvgIpc) is 2.03. The van der Waals surface area contributed by atoms with E-state index in [9.17, 15) is 0 Å². The molecular formula is C10H17N. The van der Waals surface area contributed by atoms with Gasteiger partial charge in [-0.25, -0.2) is 0 Å². The molecule has 1 unspecified atom stereocenters. The van der Waals surface area contributed by atoms with Gasteiger partial charge in [-0.15, -0.1) is 12.3 Å². The second-order valence-electron chi connectivity index (χ2n) is 2.61. The third-order valence-corrected chi connectivity index (χ3v) is 1.76. The van der Waals surface area contributed by atoms with E-state index in [1.807, 2.05) is 13.1 Å². The molecule has 0 heterocycles. The van der Waals surface area contributed by atoms with Gasteiger partial charge in [0, 0.05) is 13.0 Å². The highest BCUT2D eigenvalue weighted by molar-refractivity contribution is 5.00. The van der Waals surface area contributed by atoms with E-state index in [1.165, 1.54) is 0 Å². The standard InChI is InChI=1S/C10H17N/c1-5-7-8-9(3)10(6-2)11-4/h5,9,11H,1-2,7-8H2,3-4H3. The van der Waals surface area contributed by atoms with Crippen molar-refractivity contribution >= 4 is 0 Å². The van der Waals surface area contributed by atoms with Crippen molar-refractivity contribution in [1.29, 1.82) is 0 Å². The molecule has 62 valence electrons. The molecule has 0 bridgehead atoms. The van der Waals surface area contributed by atoms with Crippen LogP contribution in [0.4, 0.5) is 0 Å². The zero-order chi connectivity index (χ0) is 8.69. The lowest BCUT2D eigenvalue weighted by atomic mass is 10.0. The molecule has 1 atom stereocenters. The van der Waals surface area contributed by atoms with E-state index < -0.39 is 0 Å². The van der Waals surface area contributed by atoms with E-state index in [1.54, 1.807) is 0 Å². The number of hydrogen-bond acceptors (Lipinski definition) is 1. The van der Waals surface area contributed by atoms with E-state index in [4.69, 9.17) is 0 Å². The molecule has 1 N–H and O–H groups in total. The lowest BCUT2D eigenvalue weighted by molar-refractivity contribution is 0.588. The highest BCUT2D eigenvalue weighted by Gasteiger charge is 2.03. The number of allylic oxidation sites excluding steroid dienone is 2. The third-order valence-electron chi connectivity index (χ3n) is 1.76. The van der Waals surface area contributed by atoms with Crippen LogP contribution < -0.4 is 5.32 Å². The molecule has 0 saturated carbocycles. The van der Waals surface area contributed by atoms with E-state index in [0.29, 0.717) is 5.92 Å². The Hall–Kier alpha value is -0.940. The first kappa shape index (κ1) is 10.1. The fourth-order valence-electron chi connectivity index (χ4n) is 1.02. The van der Waals surface area contributed by atoms with Crippen molar-refractivity contribution in [3.05, 3.63) is 30.7 Å². The van der Waals surface area contributed by atoms with Crippen LogP contribution in [0.15, 0.2) is 30.7 Å². The molecule has 0 spiro atoms. The lowest BCUT2D eigenvalue weighted by Gasteiger charge is -2.11. The van der Waals surface area contributed by atoms with Gasteiger partial charge in [0.05, 0.1) is 5.70 Å². The topological polar surface area (TPSA) is 12.0 Å². The van der Waals surface area contributed by atoms with Crippen molar-refractivity contribution in [1.82, 2.24) is 5.32 Å². The normalized spacial score (nSPS) is 11.5. The van der Waals surface area contributed by atoms with Crippen LogP contribution in [0, 0.1) is 5.92 Å². The van der Waals surface area contributed by atoms with Gasteiger partial charge in [-0.1, -0.05) is 19.6 Å². The summed E-state index contributed by atoms with van der Waals surface area (Å²) in [7, 11) is 1.90. The molecular weight excluding hydrogens is 134 g/mol. The number of hydrogen-bond donors (Lipinski definition) is 1. The molecule has 0 rings (SSSR count). The van der Waals surface area contributed by atoms with Crippen molar-refractivity contribution in [2.75, 3.05) is 7.05 Å². The largest absolute Gasteiger partial charge is 0.385 e. The summed E-state index contributed by atoms with van der Waals surface area (Å²) in [4.78, 5) is 0. The molecule has 0 aliphatic heterocycles. The van der Waals surface area contributed by atoms with Gasteiger partial charge in [0.1, 0.15) is 0 Å². The molecule has 0 amide bonds. The maximum absolute atomic E-state index is 3.68. The second kappa shape index (κ2) is 5.82. The highest BCUT2D eigenvalue weighted by atomic mass is 14.8. The Morgan fingerprint density at radius 2 is 2.36 bits per heavy atom. The summed E-state index contributed by atoms with van der Waals surface area (Å²) >= 11 is 0. The first-order chi connectivity index (χ1) is 5.26.